The minimum atomic E-state index is -0.598. The van der Waals surface area contributed by atoms with Crippen molar-refractivity contribution in [3.63, 3.8) is 0 Å². The summed E-state index contributed by atoms with van der Waals surface area (Å²) in [4.78, 5) is 24.8. The predicted molar refractivity (Wildman–Crippen MR) is 126 cm³/mol. The number of benzene rings is 3. The number of hydrogen-bond donors (Lipinski definition) is 1. The first-order valence-corrected chi connectivity index (χ1v) is 10.4. The molecule has 0 atom stereocenters. The summed E-state index contributed by atoms with van der Waals surface area (Å²) in [7, 11) is 0. The number of esters is 1. The number of rotatable bonds is 5. The monoisotopic (exact) mass is 484 g/mol. The molecule has 0 aliphatic heterocycles. The molecule has 3 aromatic rings. The van der Waals surface area contributed by atoms with Gasteiger partial charge in [-0.3, -0.25) is 4.79 Å². The third-order valence-corrected chi connectivity index (χ3v) is 5.44. The molecule has 0 aromatic heterocycles. The molecule has 0 spiro atoms. The Labute approximate surface area is 199 Å². The maximum absolute atomic E-state index is 12.5. The summed E-state index contributed by atoms with van der Waals surface area (Å²) in [6.07, 6.45) is 1.42. The molecule has 0 radical (unpaired) electrons. The maximum atomic E-state index is 12.5. The van der Waals surface area contributed by atoms with Crippen LogP contribution in [0.5, 0.6) is 5.75 Å². The number of carbonyl (C=O) groups is 2. The van der Waals surface area contributed by atoms with E-state index in [0.29, 0.717) is 21.3 Å². The van der Waals surface area contributed by atoms with E-state index >= 15 is 0 Å². The zero-order valence-electron chi connectivity index (χ0n) is 16.7. The SMILES string of the molecule is Cc1cccc(Cl)c1NC(=O)/C(C#N)=C/c1ccc(OC(=O)c2ccc(Cl)c(Cl)c2)cc1. The van der Waals surface area contributed by atoms with Crippen LogP contribution in [-0.2, 0) is 4.79 Å². The molecule has 160 valence electrons. The van der Waals surface area contributed by atoms with Crippen molar-refractivity contribution in [1.82, 2.24) is 0 Å². The Hall–Kier alpha value is -3.30. The molecular formula is C24H15Cl3N2O3. The van der Waals surface area contributed by atoms with Crippen LogP contribution in [0.4, 0.5) is 5.69 Å². The van der Waals surface area contributed by atoms with Crippen LogP contribution in [-0.4, -0.2) is 11.9 Å². The van der Waals surface area contributed by atoms with Crippen LogP contribution in [0.3, 0.4) is 0 Å². The Morgan fingerprint density at radius 3 is 2.31 bits per heavy atom. The number of halogens is 3. The van der Waals surface area contributed by atoms with Gasteiger partial charge in [0.05, 0.1) is 26.3 Å². The van der Waals surface area contributed by atoms with Gasteiger partial charge in [-0.1, -0.05) is 59.1 Å². The van der Waals surface area contributed by atoms with E-state index in [9.17, 15) is 14.9 Å². The number of ether oxygens (including phenoxy) is 1. The Morgan fingerprint density at radius 2 is 1.69 bits per heavy atom. The normalized spacial score (nSPS) is 10.9. The first kappa shape index (κ1) is 23.4. The summed E-state index contributed by atoms with van der Waals surface area (Å²) in [6, 6.07) is 17.9. The molecule has 0 fully saturated rings. The van der Waals surface area contributed by atoms with Crippen LogP contribution in [0.25, 0.3) is 6.08 Å². The van der Waals surface area contributed by atoms with E-state index in [0.717, 1.165) is 5.56 Å². The van der Waals surface area contributed by atoms with Gasteiger partial charge in [-0.25, -0.2) is 4.79 Å². The van der Waals surface area contributed by atoms with Gasteiger partial charge in [-0.2, -0.15) is 5.26 Å². The van der Waals surface area contributed by atoms with Crippen molar-refractivity contribution >= 4 is 58.4 Å². The summed E-state index contributed by atoms with van der Waals surface area (Å²) in [5.74, 6) is -0.897. The quantitative estimate of drug-likeness (QED) is 0.188. The van der Waals surface area contributed by atoms with Gasteiger partial charge in [0.1, 0.15) is 17.4 Å². The van der Waals surface area contributed by atoms with Crippen molar-refractivity contribution in [2.75, 3.05) is 5.32 Å². The van der Waals surface area contributed by atoms with E-state index < -0.39 is 11.9 Å². The lowest BCUT2D eigenvalue weighted by Gasteiger charge is -2.09. The van der Waals surface area contributed by atoms with Crippen LogP contribution in [0.15, 0.2) is 66.2 Å². The van der Waals surface area contributed by atoms with Gasteiger partial charge in [-0.15, -0.1) is 0 Å². The van der Waals surface area contributed by atoms with Crippen molar-refractivity contribution in [1.29, 1.82) is 5.26 Å². The van der Waals surface area contributed by atoms with Crippen molar-refractivity contribution in [2.24, 2.45) is 0 Å². The van der Waals surface area contributed by atoms with Gasteiger partial charge in [0, 0.05) is 0 Å². The zero-order valence-corrected chi connectivity index (χ0v) is 18.9. The van der Waals surface area contributed by atoms with Gasteiger partial charge in [-0.05, 0) is 60.5 Å². The summed E-state index contributed by atoms with van der Waals surface area (Å²) in [5.41, 5.74) is 1.94. The second-order valence-electron chi connectivity index (χ2n) is 6.64. The fourth-order valence-electron chi connectivity index (χ4n) is 2.71. The number of hydrogen-bond acceptors (Lipinski definition) is 4. The van der Waals surface area contributed by atoms with E-state index in [1.165, 1.54) is 24.3 Å². The van der Waals surface area contributed by atoms with Gasteiger partial charge >= 0.3 is 5.97 Å². The molecular weight excluding hydrogens is 471 g/mol. The molecule has 0 saturated carbocycles. The highest BCUT2D eigenvalue weighted by molar-refractivity contribution is 6.42. The van der Waals surface area contributed by atoms with Gasteiger partial charge < -0.3 is 10.1 Å². The van der Waals surface area contributed by atoms with Crippen LogP contribution >= 0.6 is 34.8 Å². The Morgan fingerprint density at radius 1 is 0.969 bits per heavy atom. The van der Waals surface area contributed by atoms with E-state index in [1.54, 1.807) is 49.4 Å². The molecule has 3 rings (SSSR count). The average Bonchev–Trinajstić information content (AvgIpc) is 2.77. The lowest BCUT2D eigenvalue weighted by molar-refractivity contribution is -0.112. The fourth-order valence-corrected chi connectivity index (χ4v) is 3.27. The number of amides is 1. The highest BCUT2D eigenvalue weighted by atomic mass is 35.5. The lowest BCUT2D eigenvalue weighted by atomic mass is 10.1. The smallest absolute Gasteiger partial charge is 0.343 e. The van der Waals surface area contributed by atoms with Crippen LogP contribution in [0.1, 0.15) is 21.5 Å². The van der Waals surface area contributed by atoms with E-state index in [4.69, 9.17) is 39.5 Å². The minimum absolute atomic E-state index is 0.107. The molecule has 8 heteroatoms. The predicted octanol–water partition coefficient (Wildman–Crippen LogP) is 6.72. The molecule has 32 heavy (non-hydrogen) atoms. The molecule has 0 saturated heterocycles. The number of nitrogens with one attached hydrogen (secondary N) is 1. The maximum Gasteiger partial charge on any atom is 0.343 e. The van der Waals surface area contributed by atoms with Crippen LogP contribution in [0.2, 0.25) is 15.1 Å². The molecule has 1 N–H and O–H groups in total. The second-order valence-corrected chi connectivity index (χ2v) is 7.86. The average molecular weight is 486 g/mol. The molecule has 0 aliphatic rings. The number of carbonyl (C=O) groups excluding carboxylic acids is 2. The molecule has 0 aliphatic carbocycles. The van der Waals surface area contributed by atoms with Crippen molar-refractivity contribution in [3.8, 4) is 11.8 Å². The first-order chi connectivity index (χ1) is 15.3. The standard InChI is InChI=1S/C24H15Cl3N2O3/c1-14-3-2-4-20(26)22(14)29-23(30)17(13-28)11-15-5-8-18(9-6-15)32-24(31)16-7-10-19(25)21(27)12-16/h2-12H,1H3,(H,29,30)/b17-11+. The Balaban J connectivity index is 1.72. The molecule has 1 amide bonds. The summed E-state index contributed by atoms with van der Waals surface area (Å²) < 4.78 is 5.31. The number of nitrogens with zero attached hydrogens (tertiary/aromatic N) is 1. The summed E-state index contributed by atoms with van der Waals surface area (Å²) in [5, 5.41) is 13.0. The van der Waals surface area contributed by atoms with Crippen molar-refractivity contribution < 1.29 is 14.3 Å². The molecule has 5 nitrogen and oxygen atoms in total. The molecule has 0 bridgehead atoms. The highest BCUT2D eigenvalue weighted by Crippen LogP contribution is 2.26. The van der Waals surface area contributed by atoms with Gasteiger partial charge in [0.15, 0.2) is 0 Å². The molecule has 0 heterocycles. The zero-order chi connectivity index (χ0) is 23.3. The lowest BCUT2D eigenvalue weighted by Crippen LogP contribution is -2.14. The molecule has 3 aromatic carbocycles. The van der Waals surface area contributed by atoms with Gasteiger partial charge in [0.25, 0.3) is 5.91 Å². The van der Waals surface area contributed by atoms with E-state index in [1.807, 2.05) is 6.07 Å². The fraction of sp³-hybridized carbons (Fsp3) is 0.0417. The summed E-state index contributed by atoms with van der Waals surface area (Å²) in [6.45, 7) is 1.80. The largest absolute Gasteiger partial charge is 0.423 e. The minimum Gasteiger partial charge on any atom is -0.423 e. The molecule has 0 unspecified atom stereocenters. The topological polar surface area (TPSA) is 79.2 Å². The van der Waals surface area contributed by atoms with Crippen LogP contribution in [0, 0.1) is 18.3 Å². The third-order valence-electron chi connectivity index (χ3n) is 4.38. The number of para-hydroxylation sites is 1. The van der Waals surface area contributed by atoms with E-state index in [2.05, 4.69) is 5.32 Å². The number of anilines is 1. The van der Waals surface area contributed by atoms with Crippen LogP contribution < -0.4 is 10.1 Å². The Bertz CT molecular complexity index is 1240. The van der Waals surface area contributed by atoms with Gasteiger partial charge in [0.2, 0.25) is 0 Å². The Kier molecular flexibility index (Phi) is 7.55. The summed E-state index contributed by atoms with van der Waals surface area (Å²) >= 11 is 17.9. The van der Waals surface area contributed by atoms with Crippen molar-refractivity contribution in [3.05, 3.63) is 98.0 Å². The number of aryl methyl sites for hydroxylation is 1. The third kappa shape index (κ3) is 5.68. The first-order valence-electron chi connectivity index (χ1n) is 9.24. The number of nitriles is 1. The van der Waals surface area contributed by atoms with E-state index in [-0.39, 0.29) is 21.9 Å². The highest BCUT2D eigenvalue weighted by Gasteiger charge is 2.14. The second kappa shape index (κ2) is 10.3. The van der Waals surface area contributed by atoms with Crippen molar-refractivity contribution in [2.45, 2.75) is 6.92 Å².